The molecular weight excluding hydrogens is 397 g/mol. The first kappa shape index (κ1) is 24.5. The lowest BCUT2D eigenvalue weighted by molar-refractivity contribution is -0.200. The Kier molecular flexibility index (Phi) is 7.09. The van der Waals surface area contributed by atoms with Gasteiger partial charge in [0.15, 0.2) is 8.32 Å². The SMILES string of the molecule is CC1(C)OC[C@H]([C@H](O[Si](C)(C)C(C)(C)C)[C@H](CN=[N+]=[N-])C(F)(F)F)N1C(=O)O. The van der Waals surface area contributed by atoms with Gasteiger partial charge in [-0.1, -0.05) is 25.9 Å². The molecule has 0 aromatic heterocycles. The van der Waals surface area contributed by atoms with Crippen molar-refractivity contribution in [2.24, 2.45) is 11.0 Å². The van der Waals surface area contributed by atoms with E-state index in [-0.39, 0.29) is 6.61 Å². The quantitative estimate of drug-likeness (QED) is 0.280. The monoisotopic (exact) mass is 426 g/mol. The molecule has 0 radical (unpaired) electrons. The summed E-state index contributed by atoms with van der Waals surface area (Å²) in [6.45, 7) is 11.0. The Hall–Kier alpha value is -1.49. The molecule has 1 aliphatic heterocycles. The van der Waals surface area contributed by atoms with Crippen LogP contribution in [0.4, 0.5) is 18.0 Å². The Labute approximate surface area is 163 Å². The van der Waals surface area contributed by atoms with Crippen molar-refractivity contribution < 1.29 is 32.2 Å². The highest BCUT2D eigenvalue weighted by atomic mass is 28.4. The lowest BCUT2D eigenvalue weighted by Crippen LogP contribution is -2.59. The average Bonchev–Trinajstić information content (AvgIpc) is 2.79. The molecule has 162 valence electrons. The topological polar surface area (TPSA) is 108 Å². The third-order valence-corrected chi connectivity index (χ3v) is 9.97. The van der Waals surface area contributed by atoms with Crippen molar-refractivity contribution >= 4 is 14.4 Å². The van der Waals surface area contributed by atoms with E-state index in [1.54, 1.807) is 13.1 Å². The standard InChI is InChI=1S/C16H29F3N4O4Si/c1-14(2,3)28(6,7)27-12(10(8-21-22-20)16(17,18)19)11-9-26-15(4,5)23(11)13(24)25/h10-12H,8-9H2,1-7H3,(H,24,25)/t10-,11+,12+/m0/s1. The number of carboxylic acid groups (broad SMARTS) is 1. The Bertz CT molecular complexity index is 630. The van der Waals surface area contributed by atoms with E-state index in [1.807, 2.05) is 20.8 Å². The fourth-order valence-corrected chi connectivity index (χ4v) is 4.27. The van der Waals surface area contributed by atoms with Crippen LogP contribution < -0.4 is 0 Å². The maximum Gasteiger partial charge on any atom is 0.409 e. The van der Waals surface area contributed by atoms with Crippen molar-refractivity contribution in [1.29, 1.82) is 0 Å². The Morgan fingerprint density at radius 3 is 2.36 bits per heavy atom. The lowest BCUT2D eigenvalue weighted by atomic mass is 9.94. The molecule has 1 heterocycles. The number of azide groups is 1. The minimum Gasteiger partial charge on any atom is -0.465 e. The van der Waals surface area contributed by atoms with Crippen molar-refractivity contribution in [3.05, 3.63) is 10.4 Å². The summed E-state index contributed by atoms with van der Waals surface area (Å²) in [7, 11) is -2.74. The van der Waals surface area contributed by atoms with Crippen LogP contribution >= 0.6 is 0 Å². The number of alkyl halides is 3. The number of halogens is 3. The van der Waals surface area contributed by atoms with E-state index in [0.717, 1.165) is 4.90 Å². The molecule has 0 aliphatic carbocycles. The van der Waals surface area contributed by atoms with Crippen LogP contribution in [0.2, 0.25) is 18.1 Å². The summed E-state index contributed by atoms with van der Waals surface area (Å²) in [5.41, 5.74) is 7.24. The molecule has 8 nitrogen and oxygen atoms in total. The van der Waals surface area contributed by atoms with Crippen molar-refractivity contribution in [2.45, 2.75) is 76.8 Å². The fourth-order valence-electron chi connectivity index (χ4n) is 2.91. The van der Waals surface area contributed by atoms with Crippen LogP contribution in [0.25, 0.3) is 10.4 Å². The molecule has 0 unspecified atom stereocenters. The molecule has 1 fully saturated rings. The molecule has 1 N–H and O–H groups in total. The molecule has 0 spiro atoms. The maximum absolute atomic E-state index is 13.9. The van der Waals surface area contributed by atoms with Gasteiger partial charge in [-0.25, -0.2) is 4.79 Å². The van der Waals surface area contributed by atoms with E-state index in [9.17, 15) is 23.1 Å². The second-order valence-corrected chi connectivity index (χ2v) is 13.6. The predicted octanol–water partition coefficient (Wildman–Crippen LogP) is 4.98. The Balaban J connectivity index is 3.50. The highest BCUT2D eigenvalue weighted by Gasteiger charge is 2.56. The summed E-state index contributed by atoms with van der Waals surface area (Å²) >= 11 is 0. The summed E-state index contributed by atoms with van der Waals surface area (Å²) in [5.74, 6) is -2.16. The van der Waals surface area contributed by atoms with E-state index in [2.05, 4.69) is 10.0 Å². The van der Waals surface area contributed by atoms with Gasteiger partial charge in [0.2, 0.25) is 0 Å². The third-order valence-electron chi connectivity index (χ3n) is 5.50. The molecule has 0 saturated carbocycles. The van der Waals surface area contributed by atoms with Crippen LogP contribution in [0.5, 0.6) is 0 Å². The third kappa shape index (κ3) is 5.31. The zero-order valence-electron chi connectivity index (χ0n) is 17.2. The fraction of sp³-hybridized carbons (Fsp3) is 0.938. The maximum atomic E-state index is 13.9. The van der Waals surface area contributed by atoms with Gasteiger partial charge < -0.3 is 14.3 Å². The summed E-state index contributed by atoms with van der Waals surface area (Å²) in [4.78, 5) is 15.1. The molecule has 1 aliphatic rings. The minimum absolute atomic E-state index is 0.249. The van der Waals surface area contributed by atoms with Crippen LogP contribution in [0, 0.1) is 5.92 Å². The number of hydrogen-bond donors (Lipinski definition) is 1. The van der Waals surface area contributed by atoms with Gasteiger partial charge in [-0.3, -0.25) is 4.90 Å². The second-order valence-electron chi connectivity index (χ2n) is 8.88. The summed E-state index contributed by atoms with van der Waals surface area (Å²) in [6, 6.07) is -1.19. The molecule has 0 bridgehead atoms. The lowest BCUT2D eigenvalue weighted by Gasteiger charge is -2.45. The molecule has 0 aromatic carbocycles. The number of carbonyl (C=O) groups is 1. The first-order chi connectivity index (χ1) is 12.5. The zero-order valence-corrected chi connectivity index (χ0v) is 18.2. The molecular formula is C16H29F3N4O4Si. The Morgan fingerprint density at radius 1 is 1.43 bits per heavy atom. The minimum atomic E-state index is -4.75. The van der Waals surface area contributed by atoms with Gasteiger partial charge in [-0.2, -0.15) is 13.2 Å². The van der Waals surface area contributed by atoms with E-state index in [1.165, 1.54) is 13.8 Å². The number of rotatable bonds is 6. The molecule has 0 aromatic rings. The number of amides is 1. The largest absolute Gasteiger partial charge is 0.465 e. The normalized spacial score (nSPS) is 22.5. The molecule has 28 heavy (non-hydrogen) atoms. The summed E-state index contributed by atoms with van der Waals surface area (Å²) < 4.78 is 53.2. The predicted molar refractivity (Wildman–Crippen MR) is 99.3 cm³/mol. The molecule has 1 rings (SSSR count). The second kappa shape index (κ2) is 8.09. The summed E-state index contributed by atoms with van der Waals surface area (Å²) in [6.07, 6.45) is -7.72. The molecule has 1 saturated heterocycles. The smallest absolute Gasteiger partial charge is 0.409 e. The zero-order chi connectivity index (χ0) is 22.1. The molecule has 3 atom stereocenters. The van der Waals surface area contributed by atoms with Gasteiger partial charge in [-0.15, -0.1) is 0 Å². The van der Waals surface area contributed by atoms with Gasteiger partial charge in [-0.05, 0) is 37.5 Å². The number of hydrogen-bond acceptors (Lipinski definition) is 4. The van der Waals surface area contributed by atoms with Crippen LogP contribution in [-0.4, -0.2) is 61.6 Å². The first-order valence-corrected chi connectivity index (χ1v) is 11.8. The van der Waals surface area contributed by atoms with Gasteiger partial charge >= 0.3 is 12.3 Å². The molecule has 1 amide bonds. The number of ether oxygens (including phenoxy) is 1. The van der Waals surface area contributed by atoms with Gasteiger partial charge in [0.25, 0.3) is 0 Å². The highest BCUT2D eigenvalue weighted by Crippen LogP contribution is 2.43. The van der Waals surface area contributed by atoms with Crippen molar-refractivity contribution in [2.75, 3.05) is 13.2 Å². The van der Waals surface area contributed by atoms with Crippen molar-refractivity contribution in [3.8, 4) is 0 Å². The highest BCUT2D eigenvalue weighted by molar-refractivity contribution is 6.74. The van der Waals surface area contributed by atoms with E-state index < -0.39 is 56.0 Å². The van der Waals surface area contributed by atoms with Crippen molar-refractivity contribution in [1.82, 2.24) is 4.90 Å². The van der Waals surface area contributed by atoms with E-state index in [0.29, 0.717) is 0 Å². The van der Waals surface area contributed by atoms with Crippen molar-refractivity contribution in [3.63, 3.8) is 0 Å². The van der Waals surface area contributed by atoms with E-state index >= 15 is 0 Å². The van der Waals surface area contributed by atoms with Gasteiger partial charge in [0.1, 0.15) is 5.72 Å². The average molecular weight is 427 g/mol. The number of nitrogens with zero attached hydrogens (tertiary/aromatic N) is 4. The van der Waals surface area contributed by atoms with Gasteiger partial charge in [0, 0.05) is 11.5 Å². The van der Waals surface area contributed by atoms with Crippen LogP contribution in [-0.2, 0) is 9.16 Å². The molecule has 12 heteroatoms. The van der Waals surface area contributed by atoms with Crippen LogP contribution in [0.1, 0.15) is 34.6 Å². The van der Waals surface area contributed by atoms with E-state index in [4.69, 9.17) is 14.7 Å². The van der Waals surface area contributed by atoms with Crippen LogP contribution in [0.3, 0.4) is 0 Å². The first-order valence-electron chi connectivity index (χ1n) is 8.87. The van der Waals surface area contributed by atoms with Gasteiger partial charge in [0.05, 0.1) is 24.7 Å². The van der Waals surface area contributed by atoms with Crippen LogP contribution in [0.15, 0.2) is 5.11 Å². The summed E-state index contributed by atoms with van der Waals surface area (Å²) in [5, 5.41) is 12.3. The Morgan fingerprint density at radius 2 is 1.96 bits per heavy atom.